The summed E-state index contributed by atoms with van der Waals surface area (Å²) in [5, 5.41) is 4.29. The average Bonchev–Trinajstić information content (AvgIpc) is 2.64. The van der Waals surface area contributed by atoms with E-state index < -0.39 is 0 Å². The molecule has 1 atom stereocenters. The molecule has 5 nitrogen and oxygen atoms in total. The van der Waals surface area contributed by atoms with Gasteiger partial charge in [0, 0.05) is 64.9 Å². The van der Waals surface area contributed by atoms with Gasteiger partial charge in [-0.1, -0.05) is 37.6 Å². The van der Waals surface area contributed by atoms with Gasteiger partial charge >= 0.3 is 0 Å². The van der Waals surface area contributed by atoms with Gasteiger partial charge in [0.05, 0.1) is 0 Å². The Balaban J connectivity index is 1.74. The lowest BCUT2D eigenvalue weighted by Crippen LogP contribution is -2.48. The van der Waals surface area contributed by atoms with E-state index in [2.05, 4.69) is 58.0 Å². The number of aliphatic imine (C=N–C) groups is 1. The minimum Gasteiger partial charge on any atom is -0.356 e. The number of likely N-dealkylation sites (N-methyl/N-ethyl adjacent to an activating group) is 1. The molecular weight excluding hydrogens is 346 g/mol. The van der Waals surface area contributed by atoms with E-state index in [1.165, 1.54) is 38.3 Å². The molecule has 1 aromatic carbocycles. The first-order chi connectivity index (χ1) is 12.5. The second kappa shape index (κ2) is 10.8. The fraction of sp³-hybridized carbons (Fsp3) is 0.650. The third-order valence-corrected chi connectivity index (χ3v) is 5.25. The maximum absolute atomic E-state index is 5.96. The molecule has 1 aromatic rings. The minimum atomic E-state index is 0.587. The molecule has 2 rings (SSSR count). The van der Waals surface area contributed by atoms with Crippen molar-refractivity contribution in [2.45, 2.75) is 20.4 Å². The van der Waals surface area contributed by atoms with Crippen molar-refractivity contribution in [3.05, 3.63) is 34.9 Å². The molecule has 6 heteroatoms. The summed E-state index contributed by atoms with van der Waals surface area (Å²) in [6.07, 6.45) is 0. The van der Waals surface area contributed by atoms with Gasteiger partial charge in [-0.05, 0) is 30.2 Å². The Hall–Kier alpha value is -1.30. The number of benzene rings is 1. The van der Waals surface area contributed by atoms with Crippen LogP contribution in [0, 0.1) is 5.92 Å². The number of guanidine groups is 1. The molecule has 1 heterocycles. The fourth-order valence-electron chi connectivity index (χ4n) is 3.38. The van der Waals surface area contributed by atoms with Crippen LogP contribution in [0.5, 0.6) is 0 Å². The Labute approximate surface area is 164 Å². The molecule has 0 aliphatic carbocycles. The summed E-state index contributed by atoms with van der Waals surface area (Å²) in [6, 6.07) is 7.98. The van der Waals surface area contributed by atoms with Gasteiger partial charge in [-0.15, -0.1) is 0 Å². The predicted octanol–water partition coefficient (Wildman–Crippen LogP) is 2.62. The van der Waals surface area contributed by atoms with Crippen LogP contribution in [0.1, 0.15) is 19.4 Å². The number of rotatable bonds is 7. The molecule has 1 fully saturated rings. The van der Waals surface area contributed by atoms with Gasteiger partial charge in [0.15, 0.2) is 5.96 Å². The van der Waals surface area contributed by atoms with Crippen LogP contribution in [0.4, 0.5) is 0 Å². The van der Waals surface area contributed by atoms with Crippen LogP contribution in [0.15, 0.2) is 29.3 Å². The van der Waals surface area contributed by atoms with Crippen LogP contribution in [0.2, 0.25) is 5.02 Å². The van der Waals surface area contributed by atoms with E-state index in [-0.39, 0.29) is 0 Å². The van der Waals surface area contributed by atoms with E-state index in [9.17, 15) is 0 Å². The van der Waals surface area contributed by atoms with Crippen molar-refractivity contribution in [2.75, 3.05) is 59.9 Å². The highest BCUT2D eigenvalue weighted by Crippen LogP contribution is 2.11. The van der Waals surface area contributed by atoms with Crippen molar-refractivity contribution < 1.29 is 0 Å². The Kier molecular flexibility index (Phi) is 8.69. The van der Waals surface area contributed by atoms with Crippen LogP contribution >= 0.6 is 11.6 Å². The summed E-state index contributed by atoms with van der Waals surface area (Å²) in [7, 11) is 3.91. The Morgan fingerprint density at radius 2 is 1.81 bits per heavy atom. The quantitative estimate of drug-likeness (QED) is 0.583. The van der Waals surface area contributed by atoms with Crippen LogP contribution in [-0.4, -0.2) is 80.6 Å². The zero-order valence-corrected chi connectivity index (χ0v) is 17.5. The summed E-state index contributed by atoms with van der Waals surface area (Å²) < 4.78 is 0. The minimum absolute atomic E-state index is 0.587. The van der Waals surface area contributed by atoms with Crippen molar-refractivity contribution in [3.63, 3.8) is 0 Å². The third kappa shape index (κ3) is 6.78. The number of piperazine rings is 1. The SMILES string of the molecule is CCN1CCN(CC(C)CNC(=NC)N(C)Cc2ccc(Cl)cc2)CC1. The predicted molar refractivity (Wildman–Crippen MR) is 112 cm³/mol. The second-order valence-electron chi connectivity index (χ2n) is 7.25. The molecular formula is C20H34ClN5. The molecule has 0 saturated carbocycles. The van der Waals surface area contributed by atoms with E-state index in [1.807, 2.05) is 19.2 Å². The Morgan fingerprint density at radius 1 is 1.19 bits per heavy atom. The molecule has 0 spiro atoms. The van der Waals surface area contributed by atoms with Gasteiger partial charge in [0.25, 0.3) is 0 Å². The summed E-state index contributed by atoms with van der Waals surface area (Å²) in [5.41, 5.74) is 1.22. The van der Waals surface area contributed by atoms with Gasteiger partial charge in [-0.3, -0.25) is 4.99 Å². The van der Waals surface area contributed by atoms with Gasteiger partial charge in [-0.25, -0.2) is 0 Å². The van der Waals surface area contributed by atoms with Crippen LogP contribution in [0.3, 0.4) is 0 Å². The van der Waals surface area contributed by atoms with Crippen LogP contribution < -0.4 is 5.32 Å². The number of nitrogens with one attached hydrogen (secondary N) is 1. The van der Waals surface area contributed by atoms with E-state index in [0.717, 1.165) is 30.6 Å². The molecule has 26 heavy (non-hydrogen) atoms. The number of halogens is 1. The summed E-state index contributed by atoms with van der Waals surface area (Å²) in [4.78, 5) is 11.7. The molecule has 1 saturated heterocycles. The molecule has 0 amide bonds. The van der Waals surface area contributed by atoms with Crippen molar-refractivity contribution in [3.8, 4) is 0 Å². The highest BCUT2D eigenvalue weighted by atomic mass is 35.5. The first kappa shape index (κ1) is 21.0. The first-order valence-corrected chi connectivity index (χ1v) is 10.0. The Bertz CT molecular complexity index is 552. The van der Waals surface area contributed by atoms with Crippen molar-refractivity contribution in [2.24, 2.45) is 10.9 Å². The normalized spacial score (nSPS) is 18.0. The number of hydrogen-bond donors (Lipinski definition) is 1. The smallest absolute Gasteiger partial charge is 0.193 e. The molecule has 1 unspecified atom stereocenters. The first-order valence-electron chi connectivity index (χ1n) is 9.62. The van der Waals surface area contributed by atoms with Crippen LogP contribution in [-0.2, 0) is 6.54 Å². The van der Waals surface area contributed by atoms with Gasteiger partial charge < -0.3 is 20.0 Å². The van der Waals surface area contributed by atoms with Crippen molar-refractivity contribution in [1.29, 1.82) is 0 Å². The molecule has 0 radical (unpaired) electrons. The number of nitrogens with zero attached hydrogens (tertiary/aromatic N) is 4. The summed E-state index contributed by atoms with van der Waals surface area (Å²) in [6.45, 7) is 13.4. The molecule has 1 N–H and O–H groups in total. The largest absolute Gasteiger partial charge is 0.356 e. The highest BCUT2D eigenvalue weighted by Gasteiger charge is 2.17. The maximum atomic E-state index is 5.96. The lowest BCUT2D eigenvalue weighted by molar-refractivity contribution is 0.124. The molecule has 0 aromatic heterocycles. The van der Waals surface area contributed by atoms with Gasteiger partial charge in [-0.2, -0.15) is 0 Å². The summed E-state index contributed by atoms with van der Waals surface area (Å²) >= 11 is 5.96. The summed E-state index contributed by atoms with van der Waals surface area (Å²) in [5.74, 6) is 1.52. The van der Waals surface area contributed by atoms with E-state index in [0.29, 0.717) is 5.92 Å². The molecule has 1 aliphatic heterocycles. The molecule has 146 valence electrons. The standard InChI is InChI=1S/C20H34ClN5/c1-5-25-10-12-26(13-11-25)15-17(2)14-23-20(22-3)24(4)16-18-6-8-19(21)9-7-18/h6-9,17H,5,10-16H2,1-4H3,(H,22,23). The van der Waals surface area contributed by atoms with Crippen molar-refractivity contribution >= 4 is 17.6 Å². The van der Waals surface area contributed by atoms with Gasteiger partial charge in [0.2, 0.25) is 0 Å². The van der Waals surface area contributed by atoms with E-state index >= 15 is 0 Å². The van der Waals surface area contributed by atoms with Crippen LogP contribution in [0.25, 0.3) is 0 Å². The molecule has 1 aliphatic rings. The average molecular weight is 380 g/mol. The fourth-order valence-corrected chi connectivity index (χ4v) is 3.51. The zero-order chi connectivity index (χ0) is 18.9. The van der Waals surface area contributed by atoms with E-state index in [1.54, 1.807) is 0 Å². The lowest BCUT2D eigenvalue weighted by atomic mass is 10.1. The van der Waals surface area contributed by atoms with E-state index in [4.69, 9.17) is 11.6 Å². The Morgan fingerprint density at radius 3 is 2.38 bits per heavy atom. The monoisotopic (exact) mass is 379 g/mol. The second-order valence-corrected chi connectivity index (χ2v) is 7.69. The van der Waals surface area contributed by atoms with Gasteiger partial charge in [0.1, 0.15) is 0 Å². The molecule has 0 bridgehead atoms. The highest BCUT2D eigenvalue weighted by molar-refractivity contribution is 6.30. The topological polar surface area (TPSA) is 34.1 Å². The van der Waals surface area contributed by atoms with Crippen molar-refractivity contribution in [1.82, 2.24) is 20.0 Å². The lowest BCUT2D eigenvalue weighted by Gasteiger charge is -2.35. The number of hydrogen-bond acceptors (Lipinski definition) is 3. The third-order valence-electron chi connectivity index (χ3n) is 5.00. The maximum Gasteiger partial charge on any atom is 0.193 e. The zero-order valence-electron chi connectivity index (χ0n) is 16.7.